The van der Waals surface area contributed by atoms with Crippen molar-refractivity contribution in [3.8, 4) is 0 Å². The van der Waals surface area contributed by atoms with Gasteiger partial charge < -0.3 is 4.57 Å². The van der Waals surface area contributed by atoms with Gasteiger partial charge in [0, 0.05) is 18.6 Å². The van der Waals surface area contributed by atoms with Crippen LogP contribution in [0.25, 0.3) is 11.2 Å². The quantitative estimate of drug-likeness (QED) is 0.694. The summed E-state index contributed by atoms with van der Waals surface area (Å²) in [5.74, 6) is 1.21. The summed E-state index contributed by atoms with van der Waals surface area (Å²) in [5, 5.41) is 0. The smallest absolute Gasteiger partial charge is 0.160 e. The van der Waals surface area contributed by atoms with E-state index in [2.05, 4.69) is 26.4 Å². The number of imidazole rings is 1. The maximum atomic E-state index is 6.02. The average molecular weight is 287 g/mol. The Balaban J connectivity index is 2.12. The Bertz CT molecular complexity index is 764. The highest BCUT2D eigenvalue weighted by atomic mass is 35.5. The van der Waals surface area contributed by atoms with Crippen molar-refractivity contribution in [3.05, 3.63) is 53.2 Å². The van der Waals surface area contributed by atoms with Gasteiger partial charge in [0.2, 0.25) is 0 Å². The maximum absolute atomic E-state index is 6.02. The van der Waals surface area contributed by atoms with Crippen LogP contribution in [0.5, 0.6) is 0 Å². The largest absolute Gasteiger partial charge is 0.307 e. The molecule has 102 valence electrons. The number of aromatic nitrogens is 4. The van der Waals surface area contributed by atoms with Gasteiger partial charge in [-0.15, -0.1) is 11.6 Å². The molecule has 20 heavy (non-hydrogen) atoms. The molecule has 3 aromatic heterocycles. The molecule has 0 bridgehead atoms. The summed E-state index contributed by atoms with van der Waals surface area (Å²) < 4.78 is 2.06. The second-order valence-corrected chi connectivity index (χ2v) is 5.17. The van der Waals surface area contributed by atoms with Crippen LogP contribution in [0.1, 0.15) is 22.5 Å². The van der Waals surface area contributed by atoms with Crippen molar-refractivity contribution < 1.29 is 0 Å². The first-order chi connectivity index (χ1) is 9.69. The summed E-state index contributed by atoms with van der Waals surface area (Å²) in [6.07, 6.45) is 5.54. The number of fused-ring (bicyclic) bond motifs is 1. The van der Waals surface area contributed by atoms with E-state index in [0.29, 0.717) is 12.4 Å². The van der Waals surface area contributed by atoms with Crippen LogP contribution in [-0.4, -0.2) is 19.5 Å². The number of hydrogen-bond acceptors (Lipinski definition) is 3. The lowest BCUT2D eigenvalue weighted by Crippen LogP contribution is -2.06. The number of halogens is 1. The molecule has 3 aromatic rings. The van der Waals surface area contributed by atoms with Gasteiger partial charge in [-0.25, -0.2) is 9.97 Å². The Labute approximate surface area is 122 Å². The Morgan fingerprint density at radius 1 is 1.25 bits per heavy atom. The van der Waals surface area contributed by atoms with Crippen molar-refractivity contribution in [2.24, 2.45) is 0 Å². The number of hydrogen-bond donors (Lipinski definition) is 0. The molecule has 0 saturated carbocycles. The fraction of sp³-hybridized carbons (Fsp3) is 0.267. The fourth-order valence-electron chi connectivity index (χ4n) is 2.26. The van der Waals surface area contributed by atoms with Gasteiger partial charge in [-0.3, -0.25) is 4.98 Å². The van der Waals surface area contributed by atoms with Crippen LogP contribution in [0.3, 0.4) is 0 Å². The van der Waals surface area contributed by atoms with Crippen molar-refractivity contribution in [1.82, 2.24) is 19.5 Å². The molecule has 0 spiro atoms. The topological polar surface area (TPSA) is 43.6 Å². The van der Waals surface area contributed by atoms with Crippen LogP contribution in [0.15, 0.2) is 30.7 Å². The van der Waals surface area contributed by atoms with E-state index >= 15 is 0 Å². The summed E-state index contributed by atoms with van der Waals surface area (Å²) in [6, 6.07) is 4.04. The van der Waals surface area contributed by atoms with E-state index in [1.54, 1.807) is 6.20 Å². The van der Waals surface area contributed by atoms with Gasteiger partial charge in [-0.05, 0) is 42.7 Å². The van der Waals surface area contributed by atoms with E-state index in [0.717, 1.165) is 28.1 Å². The molecule has 0 unspecified atom stereocenters. The summed E-state index contributed by atoms with van der Waals surface area (Å²) >= 11 is 6.02. The lowest BCUT2D eigenvalue weighted by molar-refractivity contribution is 0.763. The maximum Gasteiger partial charge on any atom is 0.160 e. The van der Waals surface area contributed by atoms with Crippen molar-refractivity contribution in [2.45, 2.75) is 26.3 Å². The zero-order chi connectivity index (χ0) is 14.1. The third kappa shape index (κ3) is 2.27. The first-order valence-electron chi connectivity index (χ1n) is 6.46. The third-order valence-corrected chi connectivity index (χ3v) is 3.64. The Hall–Kier alpha value is -1.94. The van der Waals surface area contributed by atoms with E-state index in [-0.39, 0.29) is 0 Å². The molecule has 5 heteroatoms. The number of aryl methyl sites for hydroxylation is 2. The van der Waals surface area contributed by atoms with E-state index in [9.17, 15) is 0 Å². The minimum Gasteiger partial charge on any atom is -0.307 e. The number of alkyl halides is 1. The standard InChI is InChI=1S/C15H15ClN4/c1-10-5-13-15(18-7-10)20(14(6-16)19-13)9-12-8-17-4-3-11(12)2/h3-5,7-8H,6,9H2,1-2H3. The van der Waals surface area contributed by atoms with Gasteiger partial charge >= 0.3 is 0 Å². The van der Waals surface area contributed by atoms with Crippen LogP contribution < -0.4 is 0 Å². The molecule has 0 N–H and O–H groups in total. The molecular weight excluding hydrogens is 272 g/mol. The predicted octanol–water partition coefficient (Wildman–Crippen LogP) is 3.23. The predicted molar refractivity (Wildman–Crippen MR) is 79.9 cm³/mol. The summed E-state index contributed by atoms with van der Waals surface area (Å²) in [7, 11) is 0. The summed E-state index contributed by atoms with van der Waals surface area (Å²) in [6.45, 7) is 4.78. The fourth-order valence-corrected chi connectivity index (χ4v) is 2.46. The molecule has 0 aliphatic carbocycles. The highest BCUT2D eigenvalue weighted by Gasteiger charge is 2.12. The molecule has 0 aliphatic heterocycles. The number of pyridine rings is 2. The zero-order valence-corrected chi connectivity index (χ0v) is 12.2. The molecule has 4 nitrogen and oxygen atoms in total. The highest BCUT2D eigenvalue weighted by molar-refractivity contribution is 6.16. The van der Waals surface area contributed by atoms with E-state index in [4.69, 9.17) is 11.6 Å². The molecule has 0 atom stereocenters. The number of rotatable bonds is 3. The molecule has 0 fully saturated rings. The Kier molecular flexibility index (Phi) is 3.40. The first-order valence-corrected chi connectivity index (χ1v) is 6.99. The molecule has 3 heterocycles. The van der Waals surface area contributed by atoms with Gasteiger partial charge in [-0.1, -0.05) is 0 Å². The van der Waals surface area contributed by atoms with Crippen LogP contribution in [0.4, 0.5) is 0 Å². The molecule has 0 radical (unpaired) electrons. The van der Waals surface area contributed by atoms with Crippen molar-refractivity contribution in [2.75, 3.05) is 0 Å². The van der Waals surface area contributed by atoms with Crippen LogP contribution in [-0.2, 0) is 12.4 Å². The Morgan fingerprint density at radius 3 is 2.85 bits per heavy atom. The monoisotopic (exact) mass is 286 g/mol. The SMILES string of the molecule is Cc1cnc2c(c1)nc(CCl)n2Cc1cnccc1C. The van der Waals surface area contributed by atoms with Crippen molar-refractivity contribution in [1.29, 1.82) is 0 Å². The third-order valence-electron chi connectivity index (χ3n) is 3.40. The first kappa shape index (κ1) is 13.1. The normalized spacial score (nSPS) is 11.2. The van der Waals surface area contributed by atoms with Gasteiger partial charge in [0.15, 0.2) is 5.65 Å². The molecule has 3 rings (SSSR count). The van der Waals surface area contributed by atoms with E-state index in [1.807, 2.05) is 31.5 Å². The molecule has 0 aromatic carbocycles. The van der Waals surface area contributed by atoms with Gasteiger partial charge in [-0.2, -0.15) is 0 Å². The second-order valence-electron chi connectivity index (χ2n) is 4.91. The lowest BCUT2D eigenvalue weighted by atomic mass is 10.1. The molecule has 0 aliphatic rings. The second kappa shape index (κ2) is 5.21. The van der Waals surface area contributed by atoms with Gasteiger partial charge in [0.25, 0.3) is 0 Å². The minimum atomic E-state index is 0.370. The highest BCUT2D eigenvalue weighted by Crippen LogP contribution is 2.19. The van der Waals surface area contributed by atoms with Gasteiger partial charge in [0.1, 0.15) is 11.3 Å². The zero-order valence-electron chi connectivity index (χ0n) is 11.5. The van der Waals surface area contributed by atoms with Crippen molar-refractivity contribution >= 4 is 22.8 Å². The lowest BCUT2D eigenvalue weighted by Gasteiger charge is -2.09. The van der Waals surface area contributed by atoms with Crippen LogP contribution >= 0.6 is 11.6 Å². The minimum absolute atomic E-state index is 0.370. The molecular formula is C15H15ClN4. The number of nitrogens with zero attached hydrogens (tertiary/aromatic N) is 4. The van der Waals surface area contributed by atoms with E-state index in [1.165, 1.54) is 5.56 Å². The molecule has 0 amide bonds. The average Bonchev–Trinajstić information content (AvgIpc) is 2.78. The van der Waals surface area contributed by atoms with E-state index < -0.39 is 0 Å². The molecule has 0 saturated heterocycles. The van der Waals surface area contributed by atoms with Crippen LogP contribution in [0.2, 0.25) is 0 Å². The summed E-state index contributed by atoms with van der Waals surface area (Å²) in [5.41, 5.74) is 5.22. The Morgan fingerprint density at radius 2 is 2.10 bits per heavy atom. The summed E-state index contributed by atoms with van der Waals surface area (Å²) in [4.78, 5) is 13.3. The van der Waals surface area contributed by atoms with Crippen LogP contribution in [0, 0.1) is 13.8 Å². The van der Waals surface area contributed by atoms with Gasteiger partial charge in [0.05, 0.1) is 12.4 Å². The van der Waals surface area contributed by atoms with Crippen molar-refractivity contribution in [3.63, 3.8) is 0 Å².